The lowest BCUT2D eigenvalue weighted by atomic mass is 9.49. The number of hydrogen-bond donors (Lipinski definition) is 1. The van der Waals surface area contributed by atoms with Crippen molar-refractivity contribution in [2.45, 2.75) is 58.0 Å². The number of benzene rings is 1. The molecule has 0 saturated heterocycles. The summed E-state index contributed by atoms with van der Waals surface area (Å²) in [5, 5.41) is 3.80. The van der Waals surface area contributed by atoms with Gasteiger partial charge in [-0.1, -0.05) is 0 Å². The van der Waals surface area contributed by atoms with Gasteiger partial charge in [0.1, 0.15) is 17.9 Å². The standard InChI is InChI=1S/C26H31NO6/c1-31-20-4-5-21-19(10-24(29)33-22(21)11-20)15-32-23(28)3-2-6-27-25(30)26-12-16-7-17(13-26)9-18(8-16)14-26/h4-5,10-11,16-18H,2-3,6-9,12-15H2,1H3,(H,27,30). The van der Waals surface area contributed by atoms with Gasteiger partial charge in [0.25, 0.3) is 0 Å². The molecule has 0 aliphatic heterocycles. The number of fused-ring (bicyclic) bond motifs is 1. The third kappa shape index (κ3) is 4.50. The molecule has 7 heteroatoms. The Morgan fingerprint density at radius 1 is 1.09 bits per heavy atom. The smallest absolute Gasteiger partial charge is 0.336 e. The zero-order chi connectivity index (χ0) is 23.0. The van der Waals surface area contributed by atoms with Crippen molar-refractivity contribution < 1.29 is 23.5 Å². The lowest BCUT2D eigenvalue weighted by molar-refractivity contribution is -0.147. The first-order valence-electron chi connectivity index (χ1n) is 12.0. The van der Waals surface area contributed by atoms with Crippen molar-refractivity contribution in [3.8, 4) is 5.75 Å². The van der Waals surface area contributed by atoms with Gasteiger partial charge in [-0.2, -0.15) is 0 Å². The fourth-order valence-electron chi connectivity index (χ4n) is 6.70. The summed E-state index contributed by atoms with van der Waals surface area (Å²) in [7, 11) is 1.54. The predicted octanol–water partition coefficient (Wildman–Crippen LogP) is 3.96. The summed E-state index contributed by atoms with van der Waals surface area (Å²) in [4.78, 5) is 37.1. The Kier molecular flexibility index (Phi) is 5.89. The topological polar surface area (TPSA) is 94.8 Å². The average molecular weight is 454 g/mol. The molecule has 7 nitrogen and oxygen atoms in total. The van der Waals surface area contributed by atoms with Gasteiger partial charge in [0, 0.05) is 41.5 Å². The van der Waals surface area contributed by atoms with Crippen LogP contribution in [0.5, 0.6) is 5.75 Å². The lowest BCUT2D eigenvalue weighted by Gasteiger charge is -2.55. The van der Waals surface area contributed by atoms with Crippen molar-refractivity contribution in [2.24, 2.45) is 23.2 Å². The van der Waals surface area contributed by atoms with E-state index in [1.807, 2.05) is 0 Å². The van der Waals surface area contributed by atoms with Gasteiger partial charge in [0.2, 0.25) is 5.91 Å². The highest BCUT2D eigenvalue weighted by Crippen LogP contribution is 2.60. The summed E-state index contributed by atoms with van der Waals surface area (Å²) in [6.45, 7) is 0.472. The molecule has 4 aliphatic carbocycles. The number of esters is 1. The monoisotopic (exact) mass is 453 g/mol. The number of ether oxygens (including phenoxy) is 2. The van der Waals surface area contributed by atoms with Crippen molar-refractivity contribution in [1.29, 1.82) is 0 Å². The fourth-order valence-corrected chi connectivity index (χ4v) is 6.70. The zero-order valence-corrected chi connectivity index (χ0v) is 19.1. The number of rotatable bonds is 8. The normalized spacial score (nSPS) is 27.5. The first-order chi connectivity index (χ1) is 15.9. The highest BCUT2D eigenvalue weighted by atomic mass is 16.5. The van der Waals surface area contributed by atoms with Crippen LogP contribution in [0.25, 0.3) is 11.0 Å². The molecule has 1 heterocycles. The molecule has 0 unspecified atom stereocenters. The number of carbonyl (C=O) groups is 2. The molecule has 6 rings (SSSR count). The second kappa shape index (κ2) is 8.84. The van der Waals surface area contributed by atoms with Gasteiger partial charge in [-0.25, -0.2) is 4.79 Å². The van der Waals surface area contributed by atoms with Crippen LogP contribution in [0.3, 0.4) is 0 Å². The van der Waals surface area contributed by atoms with Crippen molar-refractivity contribution in [1.82, 2.24) is 5.32 Å². The SMILES string of the molecule is COc1ccc2c(COC(=O)CCCNC(=O)C34CC5CC(CC(C5)C3)C4)cc(=O)oc2c1. The summed E-state index contributed by atoms with van der Waals surface area (Å²) >= 11 is 0. The summed E-state index contributed by atoms with van der Waals surface area (Å²) in [6.07, 6.45) is 7.80. The molecule has 1 amide bonds. The molecular formula is C26H31NO6. The van der Waals surface area contributed by atoms with Gasteiger partial charge in [-0.3, -0.25) is 9.59 Å². The van der Waals surface area contributed by atoms with Crippen LogP contribution in [0.1, 0.15) is 56.9 Å². The highest BCUT2D eigenvalue weighted by Gasteiger charge is 2.54. The molecule has 4 aliphatic rings. The summed E-state index contributed by atoms with van der Waals surface area (Å²) < 4.78 is 15.8. The third-order valence-electron chi connectivity index (χ3n) is 7.79. The van der Waals surface area contributed by atoms with Crippen molar-refractivity contribution in [2.75, 3.05) is 13.7 Å². The summed E-state index contributed by atoms with van der Waals surface area (Å²) in [6, 6.07) is 6.52. The van der Waals surface area contributed by atoms with Gasteiger partial charge >= 0.3 is 11.6 Å². The fraction of sp³-hybridized carbons (Fsp3) is 0.577. The minimum Gasteiger partial charge on any atom is -0.497 e. The van der Waals surface area contributed by atoms with Crippen LogP contribution in [0, 0.1) is 23.2 Å². The van der Waals surface area contributed by atoms with Crippen LogP contribution in [0.4, 0.5) is 0 Å². The minimum atomic E-state index is -0.505. The number of methoxy groups -OCH3 is 1. The Hall–Kier alpha value is -2.83. The Bertz CT molecular complexity index is 1080. The van der Waals surface area contributed by atoms with Crippen LogP contribution in [-0.4, -0.2) is 25.5 Å². The molecule has 4 fully saturated rings. The maximum absolute atomic E-state index is 13.0. The van der Waals surface area contributed by atoms with Gasteiger partial charge < -0.3 is 19.2 Å². The van der Waals surface area contributed by atoms with Crippen LogP contribution >= 0.6 is 0 Å². The molecule has 0 radical (unpaired) electrons. The Labute approximate surface area is 192 Å². The number of nitrogens with one attached hydrogen (secondary N) is 1. The van der Waals surface area contributed by atoms with Gasteiger partial charge in [-0.05, 0) is 74.8 Å². The second-order valence-corrected chi connectivity index (χ2v) is 10.2. The van der Waals surface area contributed by atoms with E-state index >= 15 is 0 Å². The third-order valence-corrected chi connectivity index (χ3v) is 7.79. The number of amides is 1. The van der Waals surface area contributed by atoms with Crippen molar-refractivity contribution in [3.05, 3.63) is 40.2 Å². The van der Waals surface area contributed by atoms with Crippen molar-refractivity contribution in [3.63, 3.8) is 0 Å². The molecule has 1 aromatic heterocycles. The summed E-state index contributed by atoms with van der Waals surface area (Å²) in [5.74, 6) is 2.61. The van der Waals surface area contributed by atoms with E-state index in [1.54, 1.807) is 18.2 Å². The lowest BCUT2D eigenvalue weighted by Crippen LogP contribution is -2.53. The molecule has 2 aromatic rings. The zero-order valence-electron chi connectivity index (χ0n) is 19.1. The minimum absolute atomic E-state index is 0.00705. The first kappa shape index (κ1) is 22.0. The molecule has 4 bridgehead atoms. The van der Waals surface area contributed by atoms with Crippen LogP contribution in [0.15, 0.2) is 33.5 Å². The molecule has 176 valence electrons. The Balaban J connectivity index is 1.10. The van der Waals surface area contributed by atoms with E-state index in [1.165, 1.54) is 32.4 Å². The van der Waals surface area contributed by atoms with E-state index in [0.717, 1.165) is 37.0 Å². The van der Waals surface area contributed by atoms with Crippen LogP contribution < -0.4 is 15.7 Å². The van der Waals surface area contributed by atoms with E-state index in [-0.39, 0.29) is 30.3 Å². The maximum Gasteiger partial charge on any atom is 0.336 e. The largest absolute Gasteiger partial charge is 0.497 e. The van der Waals surface area contributed by atoms with Crippen LogP contribution in [0.2, 0.25) is 0 Å². The quantitative estimate of drug-likeness (QED) is 0.369. The second-order valence-electron chi connectivity index (χ2n) is 10.2. The maximum atomic E-state index is 13.0. The van der Waals surface area contributed by atoms with Gasteiger partial charge in [-0.15, -0.1) is 0 Å². The highest BCUT2D eigenvalue weighted by molar-refractivity contribution is 5.83. The van der Waals surface area contributed by atoms with E-state index < -0.39 is 5.63 Å². The first-order valence-corrected chi connectivity index (χ1v) is 12.0. The molecular weight excluding hydrogens is 422 g/mol. The predicted molar refractivity (Wildman–Crippen MR) is 122 cm³/mol. The molecule has 0 atom stereocenters. The number of carbonyl (C=O) groups excluding carboxylic acids is 2. The van der Waals surface area contributed by atoms with Gasteiger partial charge in [0.15, 0.2) is 0 Å². The molecule has 4 saturated carbocycles. The van der Waals surface area contributed by atoms with Gasteiger partial charge in [0.05, 0.1) is 7.11 Å². The molecule has 33 heavy (non-hydrogen) atoms. The molecule has 1 aromatic carbocycles. The Morgan fingerprint density at radius 3 is 2.45 bits per heavy atom. The molecule has 1 N–H and O–H groups in total. The average Bonchev–Trinajstić information content (AvgIpc) is 2.78. The van der Waals surface area contributed by atoms with E-state index in [9.17, 15) is 14.4 Å². The van der Waals surface area contributed by atoms with Crippen molar-refractivity contribution >= 4 is 22.8 Å². The number of hydrogen-bond acceptors (Lipinski definition) is 6. The van der Waals surface area contributed by atoms with E-state index in [4.69, 9.17) is 13.9 Å². The Morgan fingerprint density at radius 2 is 1.79 bits per heavy atom. The van der Waals surface area contributed by atoms with E-state index in [0.29, 0.717) is 35.2 Å². The van der Waals surface area contributed by atoms with E-state index in [2.05, 4.69) is 5.32 Å². The van der Waals surface area contributed by atoms with Crippen LogP contribution in [-0.2, 0) is 20.9 Å². The summed E-state index contributed by atoms with van der Waals surface area (Å²) in [5.41, 5.74) is 0.315. The molecule has 0 spiro atoms.